The van der Waals surface area contributed by atoms with Crippen molar-refractivity contribution in [1.82, 2.24) is 5.06 Å². The molecule has 2 aromatic carbocycles. The van der Waals surface area contributed by atoms with Crippen molar-refractivity contribution < 1.29 is 43.5 Å². The quantitative estimate of drug-likeness (QED) is 0.379. The van der Waals surface area contributed by atoms with E-state index in [9.17, 15) is 18.4 Å². The Morgan fingerprint density at radius 2 is 1.46 bits per heavy atom. The monoisotopic (exact) mass is 373 g/mol. The first-order valence-electron chi connectivity index (χ1n) is 7.19. The molecule has 0 heterocycles. The molecule has 0 bridgehead atoms. The van der Waals surface area contributed by atoms with Gasteiger partial charge in [0.2, 0.25) is 5.91 Å². The summed E-state index contributed by atoms with van der Waals surface area (Å²) in [6.45, 7) is 0. The smallest absolute Gasteiger partial charge is 1.00 e. The van der Waals surface area contributed by atoms with E-state index in [2.05, 4.69) is 0 Å². The minimum atomic E-state index is -0.304. The van der Waals surface area contributed by atoms with E-state index in [-0.39, 0.29) is 61.6 Å². The number of hydrogen-bond donors (Lipinski definition) is 0. The first-order valence-corrected chi connectivity index (χ1v) is 7.19. The van der Waals surface area contributed by atoms with Gasteiger partial charge in [-0.05, 0) is 35.4 Å². The van der Waals surface area contributed by atoms with Crippen LogP contribution in [0.4, 0.5) is 8.78 Å². The number of carbonyl (C=O) groups is 2. The molecule has 0 saturated carbocycles. The van der Waals surface area contributed by atoms with E-state index in [0.29, 0.717) is 6.42 Å². The molecule has 0 saturated heterocycles. The van der Waals surface area contributed by atoms with Gasteiger partial charge in [0.25, 0.3) is 0 Å². The largest absolute Gasteiger partial charge is 1.00 e. The van der Waals surface area contributed by atoms with Crippen LogP contribution in [0, 0.1) is 11.6 Å². The Balaban J connectivity index is -0.000000400. The minimum absolute atomic E-state index is 0. The summed E-state index contributed by atoms with van der Waals surface area (Å²) in [6.07, 6.45) is 1.37. The van der Waals surface area contributed by atoms with Crippen LogP contribution in [-0.4, -0.2) is 48.8 Å². The van der Waals surface area contributed by atoms with E-state index in [4.69, 9.17) is 4.84 Å². The fourth-order valence-corrected chi connectivity index (χ4v) is 1.71. The second-order valence-electron chi connectivity index (χ2n) is 4.87. The van der Waals surface area contributed by atoms with Crippen molar-refractivity contribution in [2.45, 2.75) is 12.8 Å². The van der Waals surface area contributed by atoms with Crippen molar-refractivity contribution in [1.29, 1.82) is 0 Å². The van der Waals surface area contributed by atoms with Crippen LogP contribution in [0.2, 0.25) is 0 Å². The van der Waals surface area contributed by atoms with E-state index < -0.39 is 0 Å². The van der Waals surface area contributed by atoms with Gasteiger partial charge < -0.3 is 6.22 Å². The maximum absolute atomic E-state index is 12.5. The number of benzene rings is 2. The van der Waals surface area contributed by atoms with Crippen LogP contribution in [0.25, 0.3) is 0 Å². The van der Waals surface area contributed by atoms with E-state index >= 15 is 0 Å². The zero-order valence-electron chi connectivity index (χ0n) is 15.5. The van der Waals surface area contributed by atoms with Gasteiger partial charge >= 0.3 is 18.9 Å². The van der Waals surface area contributed by atoms with Gasteiger partial charge in [0, 0.05) is 13.5 Å². The van der Waals surface area contributed by atoms with Gasteiger partial charge in [-0.2, -0.15) is 0 Å². The van der Waals surface area contributed by atoms with Crippen LogP contribution in [0.5, 0.6) is 0 Å². The second-order valence-corrected chi connectivity index (χ2v) is 4.87. The molecular weight excluding hydrogens is 350 g/mol. The molecule has 0 fully saturated rings. The molecule has 2 rings (SSSR count). The first-order chi connectivity index (χ1) is 11.5. The van der Waals surface area contributed by atoms with Gasteiger partial charge in [-0.25, -0.2) is 13.8 Å². The van der Waals surface area contributed by atoms with Gasteiger partial charge in [0.15, 0.2) is 17.4 Å². The summed E-state index contributed by atoms with van der Waals surface area (Å²) >= 11 is 0. The SMILES string of the molecule is CON(C)C(=O)Cc1ccc(F)cc1.O=CCc1ccc(F)cc1.[AlH3].[H-].[Li+]. The number of aldehydes is 1. The van der Waals surface area contributed by atoms with Crippen molar-refractivity contribution >= 4 is 29.6 Å². The molecule has 0 atom stereocenters. The van der Waals surface area contributed by atoms with Gasteiger partial charge in [0.05, 0.1) is 13.5 Å². The maximum Gasteiger partial charge on any atom is 1.00 e. The third-order valence-corrected chi connectivity index (χ3v) is 3.13. The summed E-state index contributed by atoms with van der Waals surface area (Å²) < 4.78 is 24.8. The summed E-state index contributed by atoms with van der Waals surface area (Å²) in [5, 5.41) is 1.14. The average Bonchev–Trinajstić information content (AvgIpc) is 2.59. The fraction of sp³-hybridized carbons (Fsp3) is 0.222. The zero-order chi connectivity index (χ0) is 17.9. The number of halogens is 2. The van der Waals surface area contributed by atoms with Gasteiger partial charge in [-0.3, -0.25) is 9.63 Å². The van der Waals surface area contributed by atoms with Gasteiger partial charge in [-0.1, -0.05) is 24.3 Å². The molecule has 2 aromatic rings. The van der Waals surface area contributed by atoms with Crippen molar-refractivity contribution in [2.24, 2.45) is 0 Å². The summed E-state index contributed by atoms with van der Waals surface area (Å²) in [6, 6.07) is 11.7. The van der Waals surface area contributed by atoms with Crippen LogP contribution in [-0.2, 0) is 27.3 Å². The number of likely N-dealkylation sites (N-methyl/N-ethyl adjacent to an activating group) is 1. The number of nitrogens with zero attached hydrogens (tertiary/aromatic N) is 1. The van der Waals surface area contributed by atoms with Crippen molar-refractivity contribution in [3.63, 3.8) is 0 Å². The Morgan fingerprint density at radius 3 is 1.85 bits per heavy atom. The van der Waals surface area contributed by atoms with Gasteiger partial charge in [-0.15, -0.1) is 0 Å². The predicted molar refractivity (Wildman–Crippen MR) is 97.1 cm³/mol. The van der Waals surface area contributed by atoms with Gasteiger partial charge in [0.1, 0.15) is 17.9 Å². The Kier molecular flexibility index (Phi) is 15.1. The third-order valence-electron chi connectivity index (χ3n) is 3.13. The number of hydrogen-bond acceptors (Lipinski definition) is 3. The molecule has 1 amide bonds. The Hall–Kier alpha value is -1.47. The van der Waals surface area contributed by atoms with Crippen molar-refractivity contribution in [3.05, 3.63) is 71.3 Å². The topological polar surface area (TPSA) is 46.6 Å². The van der Waals surface area contributed by atoms with Crippen LogP contribution in [0.1, 0.15) is 12.6 Å². The number of rotatable bonds is 5. The Morgan fingerprint density at radius 1 is 1.04 bits per heavy atom. The van der Waals surface area contributed by atoms with E-state index in [1.165, 1.54) is 38.4 Å². The molecule has 0 radical (unpaired) electrons. The molecule has 0 spiro atoms. The van der Waals surface area contributed by atoms with Crippen LogP contribution >= 0.6 is 0 Å². The Bertz CT molecular complexity index is 661. The molecule has 0 aliphatic heterocycles. The normalized spacial score (nSPS) is 8.92. The standard InChI is InChI=1S/C10H12FNO2.C8H7FO.Al.Li.4H/c1-12(14-2)10(13)7-8-3-5-9(11)6-4-8;9-8-3-1-7(2-4-8)5-6-10;;;;;;/h3-6H,7H2,1-2H3;1-4,6H,5H2;;;;;;/q;;;+1;;;;-1. The predicted octanol–water partition coefficient (Wildman–Crippen LogP) is -1.11. The minimum Gasteiger partial charge on any atom is -1.00 e. The van der Waals surface area contributed by atoms with Crippen LogP contribution < -0.4 is 18.9 Å². The van der Waals surface area contributed by atoms with Crippen LogP contribution in [0.3, 0.4) is 0 Å². The molecule has 0 aliphatic rings. The molecule has 0 aromatic heterocycles. The molecular formula is C18H23AlF2LiNO3. The molecule has 0 unspecified atom stereocenters. The van der Waals surface area contributed by atoms with E-state index in [0.717, 1.165) is 22.5 Å². The molecule has 0 aliphatic carbocycles. The summed E-state index contributed by atoms with van der Waals surface area (Å²) in [4.78, 5) is 26.0. The Labute approximate surface area is 176 Å². The maximum atomic E-state index is 12.5. The van der Waals surface area contributed by atoms with Crippen molar-refractivity contribution in [3.8, 4) is 0 Å². The number of carbonyl (C=O) groups excluding carboxylic acids is 2. The van der Waals surface area contributed by atoms with E-state index in [1.54, 1.807) is 24.3 Å². The van der Waals surface area contributed by atoms with E-state index in [1.807, 2.05) is 0 Å². The fourth-order valence-electron chi connectivity index (χ4n) is 1.71. The number of amides is 1. The second kappa shape index (κ2) is 14.7. The average molecular weight is 373 g/mol. The first kappa shape index (κ1) is 26.8. The van der Waals surface area contributed by atoms with Crippen molar-refractivity contribution in [2.75, 3.05) is 14.2 Å². The van der Waals surface area contributed by atoms with Crippen LogP contribution in [0.15, 0.2) is 48.5 Å². The zero-order valence-corrected chi connectivity index (χ0v) is 14.5. The third kappa shape index (κ3) is 10.5. The molecule has 136 valence electrons. The number of hydroxylamine groups is 2. The molecule has 4 nitrogen and oxygen atoms in total. The summed E-state index contributed by atoms with van der Waals surface area (Å²) in [5.41, 5.74) is 1.61. The molecule has 0 N–H and O–H groups in total. The summed E-state index contributed by atoms with van der Waals surface area (Å²) in [5.74, 6) is -0.741. The molecule has 26 heavy (non-hydrogen) atoms. The molecule has 8 heteroatoms. The summed E-state index contributed by atoms with van der Waals surface area (Å²) in [7, 11) is 2.95.